The number of benzene rings is 1. The van der Waals surface area contributed by atoms with Crippen LogP contribution in [0.5, 0.6) is 0 Å². The Balaban J connectivity index is 2.74. The summed E-state index contributed by atoms with van der Waals surface area (Å²) in [4.78, 5) is 12.8. The van der Waals surface area contributed by atoms with Gasteiger partial charge in [0.1, 0.15) is 5.38 Å². The number of hydrogen-bond donors (Lipinski definition) is 1. The third-order valence-corrected chi connectivity index (χ3v) is 3.45. The molecule has 0 spiro atoms. The minimum absolute atomic E-state index is 0.0185. The number of carbonyl (C=O) groups is 1. The molecule has 22 heavy (non-hydrogen) atoms. The van der Waals surface area contributed by atoms with E-state index in [1.165, 1.54) is 6.92 Å². The number of carbonyl (C=O) groups excluding carboxylic acids is 1. The summed E-state index contributed by atoms with van der Waals surface area (Å²) in [7, 11) is 0. The first-order chi connectivity index (χ1) is 10.1. The molecule has 0 bridgehead atoms. The van der Waals surface area contributed by atoms with Crippen molar-refractivity contribution in [1.82, 2.24) is 4.90 Å². The maximum Gasteiger partial charge on any atom is 0.416 e. The third-order valence-electron chi connectivity index (χ3n) is 3.01. The van der Waals surface area contributed by atoms with Crippen molar-refractivity contribution < 1.29 is 23.1 Å². The number of aliphatic hydroxyl groups excluding tert-OH is 1. The van der Waals surface area contributed by atoms with Gasteiger partial charge in [-0.1, -0.05) is 23.7 Å². The van der Waals surface area contributed by atoms with E-state index in [9.17, 15) is 18.0 Å². The van der Waals surface area contributed by atoms with Crippen molar-refractivity contribution in [1.29, 1.82) is 0 Å². The number of amides is 1. The van der Waals surface area contributed by atoms with Crippen LogP contribution in [-0.2, 0) is 11.2 Å². The molecular formula is C14H16Cl2F3NO2. The van der Waals surface area contributed by atoms with Gasteiger partial charge in [0, 0.05) is 11.6 Å². The maximum absolute atomic E-state index is 12.4. The molecule has 1 aromatic rings. The Morgan fingerprint density at radius 2 is 1.86 bits per heavy atom. The van der Waals surface area contributed by atoms with Gasteiger partial charge in [-0.15, -0.1) is 11.6 Å². The number of alkyl halides is 4. The summed E-state index contributed by atoms with van der Waals surface area (Å²) >= 11 is 11.4. The fourth-order valence-electron chi connectivity index (χ4n) is 1.77. The molecule has 2 atom stereocenters. The van der Waals surface area contributed by atoms with E-state index in [-0.39, 0.29) is 6.54 Å². The van der Waals surface area contributed by atoms with Crippen LogP contribution in [0.1, 0.15) is 12.5 Å². The van der Waals surface area contributed by atoms with Crippen molar-refractivity contribution in [2.45, 2.75) is 31.0 Å². The van der Waals surface area contributed by atoms with Gasteiger partial charge >= 0.3 is 6.18 Å². The summed E-state index contributed by atoms with van der Waals surface area (Å²) in [6.07, 6.45) is -7.05. The topological polar surface area (TPSA) is 40.5 Å². The smallest absolute Gasteiger partial charge is 0.382 e. The number of nitrogens with zero attached hydrogens (tertiary/aromatic N) is 1. The largest absolute Gasteiger partial charge is 0.416 e. The van der Waals surface area contributed by atoms with Crippen LogP contribution >= 0.6 is 23.2 Å². The van der Waals surface area contributed by atoms with Crippen LogP contribution in [0.2, 0.25) is 5.02 Å². The van der Waals surface area contributed by atoms with Crippen molar-refractivity contribution in [2.24, 2.45) is 0 Å². The molecule has 2 unspecified atom stereocenters. The highest BCUT2D eigenvalue weighted by Crippen LogP contribution is 2.21. The molecule has 0 aliphatic heterocycles. The molecule has 1 N–H and O–H groups in total. The SMILES string of the molecule is CC(Cl)C(=O)N(CCc1ccc(Cl)cc1)CC(O)C(F)(F)F. The standard InChI is InChI=1S/C14H16Cl2F3NO2/c1-9(15)13(22)20(8-12(21)14(17,18)19)7-6-10-2-4-11(16)5-3-10/h2-5,9,12,21H,6-8H2,1H3. The Morgan fingerprint density at radius 1 is 1.32 bits per heavy atom. The maximum atomic E-state index is 12.4. The minimum atomic E-state index is -4.78. The van der Waals surface area contributed by atoms with Gasteiger partial charge in [-0.2, -0.15) is 13.2 Å². The van der Waals surface area contributed by atoms with Crippen LogP contribution in [0, 0.1) is 0 Å². The molecule has 1 amide bonds. The molecule has 1 rings (SSSR count). The van der Waals surface area contributed by atoms with Crippen molar-refractivity contribution >= 4 is 29.1 Å². The second-order valence-electron chi connectivity index (χ2n) is 4.83. The molecule has 8 heteroatoms. The van der Waals surface area contributed by atoms with Crippen LogP contribution in [0.3, 0.4) is 0 Å². The lowest BCUT2D eigenvalue weighted by Gasteiger charge is -2.27. The van der Waals surface area contributed by atoms with Crippen molar-refractivity contribution in [3.63, 3.8) is 0 Å². The van der Waals surface area contributed by atoms with Gasteiger partial charge in [-0.3, -0.25) is 4.79 Å². The first-order valence-corrected chi connectivity index (χ1v) is 7.34. The first kappa shape index (κ1) is 19.1. The van der Waals surface area contributed by atoms with Crippen LogP contribution in [0.25, 0.3) is 0 Å². The molecule has 0 aliphatic carbocycles. The van der Waals surface area contributed by atoms with E-state index in [0.717, 1.165) is 10.5 Å². The van der Waals surface area contributed by atoms with Crippen LogP contribution < -0.4 is 0 Å². The predicted octanol–water partition coefficient (Wildman–Crippen LogP) is 3.26. The van der Waals surface area contributed by atoms with E-state index >= 15 is 0 Å². The van der Waals surface area contributed by atoms with E-state index in [1.54, 1.807) is 24.3 Å². The monoisotopic (exact) mass is 357 g/mol. The predicted molar refractivity (Wildman–Crippen MR) is 79.1 cm³/mol. The highest BCUT2D eigenvalue weighted by atomic mass is 35.5. The zero-order valence-corrected chi connectivity index (χ0v) is 13.3. The van der Waals surface area contributed by atoms with E-state index < -0.39 is 30.1 Å². The van der Waals surface area contributed by atoms with Gasteiger partial charge in [0.05, 0.1) is 6.54 Å². The molecule has 0 heterocycles. The van der Waals surface area contributed by atoms with Gasteiger partial charge in [0.15, 0.2) is 6.10 Å². The van der Waals surface area contributed by atoms with E-state index in [4.69, 9.17) is 28.3 Å². The van der Waals surface area contributed by atoms with E-state index in [0.29, 0.717) is 11.4 Å². The Hall–Kier alpha value is -0.980. The van der Waals surface area contributed by atoms with Crippen LogP contribution in [-0.4, -0.2) is 46.7 Å². The Labute approximate surface area is 136 Å². The lowest BCUT2D eigenvalue weighted by atomic mass is 10.1. The Morgan fingerprint density at radius 3 is 2.32 bits per heavy atom. The molecule has 0 fully saturated rings. The van der Waals surface area contributed by atoms with E-state index in [2.05, 4.69) is 0 Å². The lowest BCUT2D eigenvalue weighted by Crippen LogP contribution is -2.46. The van der Waals surface area contributed by atoms with Gasteiger partial charge in [-0.25, -0.2) is 0 Å². The summed E-state index contributed by atoms with van der Waals surface area (Å²) in [6.45, 7) is 0.552. The molecular weight excluding hydrogens is 342 g/mol. The molecule has 0 radical (unpaired) electrons. The van der Waals surface area contributed by atoms with Gasteiger partial charge in [-0.05, 0) is 31.0 Å². The highest BCUT2D eigenvalue weighted by molar-refractivity contribution is 6.30. The summed E-state index contributed by atoms with van der Waals surface area (Å²) < 4.78 is 37.3. The lowest BCUT2D eigenvalue weighted by molar-refractivity contribution is -0.208. The Bertz CT molecular complexity index is 492. The molecule has 3 nitrogen and oxygen atoms in total. The molecule has 0 saturated heterocycles. The molecule has 0 aliphatic rings. The minimum Gasteiger partial charge on any atom is -0.382 e. The van der Waals surface area contributed by atoms with Crippen LogP contribution in [0.15, 0.2) is 24.3 Å². The normalized spacial score (nSPS) is 14.5. The first-order valence-electron chi connectivity index (χ1n) is 6.53. The fraction of sp³-hybridized carbons (Fsp3) is 0.500. The van der Waals surface area contributed by atoms with Crippen LogP contribution in [0.4, 0.5) is 13.2 Å². The second-order valence-corrected chi connectivity index (χ2v) is 5.93. The fourth-order valence-corrected chi connectivity index (χ4v) is 2.03. The summed E-state index contributed by atoms with van der Waals surface area (Å²) in [5.74, 6) is -0.654. The van der Waals surface area contributed by atoms with Crippen molar-refractivity contribution in [2.75, 3.05) is 13.1 Å². The quantitative estimate of drug-likeness (QED) is 0.793. The molecule has 124 valence electrons. The molecule has 1 aromatic carbocycles. The highest BCUT2D eigenvalue weighted by Gasteiger charge is 2.40. The summed E-state index contributed by atoms with van der Waals surface area (Å²) in [6, 6.07) is 6.74. The Kier molecular flexibility index (Phi) is 6.97. The summed E-state index contributed by atoms with van der Waals surface area (Å²) in [5, 5.41) is 8.71. The zero-order valence-electron chi connectivity index (χ0n) is 11.8. The van der Waals surface area contributed by atoms with E-state index in [1.807, 2.05) is 0 Å². The van der Waals surface area contributed by atoms with Gasteiger partial charge in [0.25, 0.3) is 0 Å². The number of halogens is 5. The average molecular weight is 358 g/mol. The average Bonchev–Trinajstić information content (AvgIpc) is 2.42. The number of aliphatic hydroxyl groups is 1. The number of hydrogen-bond acceptors (Lipinski definition) is 2. The second kappa shape index (κ2) is 8.04. The van der Waals surface area contributed by atoms with Crippen molar-refractivity contribution in [3.8, 4) is 0 Å². The van der Waals surface area contributed by atoms with Gasteiger partial charge < -0.3 is 10.0 Å². The molecule has 0 aromatic heterocycles. The number of rotatable bonds is 6. The van der Waals surface area contributed by atoms with Gasteiger partial charge in [0.2, 0.25) is 5.91 Å². The molecule has 0 saturated carbocycles. The zero-order chi connectivity index (χ0) is 16.9. The third kappa shape index (κ3) is 6.02. The summed E-state index contributed by atoms with van der Waals surface area (Å²) in [5.41, 5.74) is 0.811. The van der Waals surface area contributed by atoms with Crippen molar-refractivity contribution in [3.05, 3.63) is 34.9 Å².